The number of nitrogens with zero attached hydrogens (tertiary/aromatic N) is 2. The van der Waals surface area contributed by atoms with E-state index in [2.05, 4.69) is 39.8 Å². The zero-order chi connectivity index (χ0) is 20.6. The number of carbonyl (C=O) groups is 1. The molecule has 0 atom stereocenters. The zero-order valence-electron chi connectivity index (χ0n) is 16.5. The van der Waals surface area contributed by atoms with E-state index in [1.807, 2.05) is 19.1 Å². The average Bonchev–Trinajstić information content (AvgIpc) is 2.74. The van der Waals surface area contributed by atoms with Crippen molar-refractivity contribution in [2.24, 2.45) is 0 Å². The molecule has 1 saturated heterocycles. The molecule has 150 valence electrons. The van der Waals surface area contributed by atoms with Crippen LogP contribution in [0, 0.1) is 18.3 Å². The highest BCUT2D eigenvalue weighted by Gasteiger charge is 2.19. The van der Waals surface area contributed by atoms with Gasteiger partial charge in [-0.25, -0.2) is 0 Å². The molecule has 0 unspecified atom stereocenters. The van der Waals surface area contributed by atoms with E-state index in [1.54, 1.807) is 18.2 Å². The van der Waals surface area contributed by atoms with Crippen LogP contribution in [0.25, 0.3) is 0 Å². The lowest BCUT2D eigenvalue weighted by atomic mass is 10.0. The molecule has 1 aliphatic rings. The second-order valence-corrected chi connectivity index (χ2v) is 7.65. The molecule has 29 heavy (non-hydrogen) atoms. The first-order chi connectivity index (χ1) is 14.1. The molecule has 6 heteroatoms. The third-order valence-corrected chi connectivity index (χ3v) is 5.59. The van der Waals surface area contributed by atoms with Crippen molar-refractivity contribution in [1.29, 1.82) is 5.26 Å². The van der Waals surface area contributed by atoms with Crippen LogP contribution in [-0.4, -0.2) is 29.9 Å². The highest BCUT2D eigenvalue weighted by atomic mass is 35.5. The number of benzene rings is 2. The molecule has 2 aromatic carbocycles. The van der Waals surface area contributed by atoms with Crippen molar-refractivity contribution < 1.29 is 4.79 Å². The van der Waals surface area contributed by atoms with Crippen molar-refractivity contribution in [3.8, 4) is 6.07 Å². The number of likely N-dealkylation sites (tertiary alicyclic amines) is 1. The van der Waals surface area contributed by atoms with Crippen LogP contribution in [0.5, 0.6) is 0 Å². The summed E-state index contributed by atoms with van der Waals surface area (Å²) in [6.45, 7) is 4.75. The molecule has 1 aliphatic heterocycles. The smallest absolute Gasteiger partial charge is 0.267 e. The van der Waals surface area contributed by atoms with E-state index < -0.39 is 5.91 Å². The molecule has 0 radical (unpaired) electrons. The van der Waals surface area contributed by atoms with Crippen LogP contribution in [0.3, 0.4) is 0 Å². The van der Waals surface area contributed by atoms with Gasteiger partial charge in [0.1, 0.15) is 11.6 Å². The van der Waals surface area contributed by atoms with Gasteiger partial charge in [-0.1, -0.05) is 48.0 Å². The summed E-state index contributed by atoms with van der Waals surface area (Å²) in [6, 6.07) is 18.0. The quantitative estimate of drug-likeness (QED) is 0.553. The minimum Gasteiger partial charge on any atom is -0.387 e. The van der Waals surface area contributed by atoms with Gasteiger partial charge in [-0.15, -0.1) is 0 Å². The zero-order valence-corrected chi connectivity index (χ0v) is 17.2. The van der Waals surface area contributed by atoms with Crippen molar-refractivity contribution >= 4 is 23.2 Å². The lowest BCUT2D eigenvalue weighted by Crippen LogP contribution is -2.40. The molecule has 2 aromatic rings. The lowest BCUT2D eigenvalue weighted by Gasteiger charge is -2.32. The number of hydrogen-bond donors (Lipinski definition) is 2. The Morgan fingerprint density at radius 2 is 1.93 bits per heavy atom. The summed E-state index contributed by atoms with van der Waals surface area (Å²) in [7, 11) is 0. The van der Waals surface area contributed by atoms with Gasteiger partial charge in [-0.2, -0.15) is 5.26 Å². The standard InChI is InChI=1S/C23H25ClN4O/c1-17-21(24)8-5-9-22(17)27-23(29)19(14-25)15-26-20-10-12-28(13-11-20)16-18-6-3-2-4-7-18/h2-9,15,20,26H,10-13,16H2,1H3,(H,27,29)/b19-15-. The minimum atomic E-state index is -0.438. The average molecular weight is 409 g/mol. The predicted molar refractivity (Wildman–Crippen MR) is 116 cm³/mol. The molecular weight excluding hydrogens is 384 g/mol. The summed E-state index contributed by atoms with van der Waals surface area (Å²) in [5, 5.41) is 16.0. The van der Waals surface area contributed by atoms with Crippen LogP contribution >= 0.6 is 11.6 Å². The Hall–Kier alpha value is -2.81. The third kappa shape index (κ3) is 5.83. The van der Waals surface area contributed by atoms with Crippen LogP contribution in [-0.2, 0) is 11.3 Å². The first kappa shape index (κ1) is 20.9. The summed E-state index contributed by atoms with van der Waals surface area (Å²) in [5.74, 6) is -0.438. The Balaban J connectivity index is 1.51. The van der Waals surface area contributed by atoms with E-state index in [-0.39, 0.29) is 11.6 Å². The van der Waals surface area contributed by atoms with Crippen LogP contribution in [0.1, 0.15) is 24.0 Å². The molecule has 1 amide bonds. The molecule has 0 spiro atoms. The largest absolute Gasteiger partial charge is 0.387 e. The number of hydrogen-bond acceptors (Lipinski definition) is 4. The van der Waals surface area contributed by atoms with E-state index in [4.69, 9.17) is 11.6 Å². The number of nitrogens with one attached hydrogen (secondary N) is 2. The van der Waals surface area contributed by atoms with Crippen molar-refractivity contribution in [1.82, 2.24) is 10.2 Å². The highest BCUT2D eigenvalue weighted by molar-refractivity contribution is 6.31. The number of halogens is 1. The van der Waals surface area contributed by atoms with Crippen molar-refractivity contribution in [2.45, 2.75) is 32.4 Å². The Labute approximate surface area is 177 Å². The lowest BCUT2D eigenvalue weighted by molar-refractivity contribution is -0.112. The van der Waals surface area contributed by atoms with Gasteiger partial charge in [-0.05, 0) is 43.0 Å². The fourth-order valence-electron chi connectivity index (χ4n) is 3.38. The molecule has 2 N–H and O–H groups in total. The van der Waals surface area contributed by atoms with Gasteiger partial charge in [0, 0.05) is 42.6 Å². The van der Waals surface area contributed by atoms with E-state index in [0.717, 1.165) is 38.0 Å². The first-order valence-electron chi connectivity index (χ1n) is 9.76. The number of piperidine rings is 1. The van der Waals surface area contributed by atoms with Gasteiger partial charge in [-0.3, -0.25) is 9.69 Å². The molecule has 1 heterocycles. The summed E-state index contributed by atoms with van der Waals surface area (Å²) < 4.78 is 0. The molecule has 0 bridgehead atoms. The van der Waals surface area contributed by atoms with Gasteiger partial charge in [0.2, 0.25) is 0 Å². The summed E-state index contributed by atoms with van der Waals surface area (Å²) >= 11 is 6.09. The SMILES string of the molecule is Cc1c(Cl)cccc1NC(=O)/C(C#N)=C\NC1CCN(Cc2ccccc2)CC1. The fraction of sp³-hybridized carbons (Fsp3) is 0.304. The highest BCUT2D eigenvalue weighted by Crippen LogP contribution is 2.23. The number of carbonyl (C=O) groups excluding carboxylic acids is 1. The molecule has 5 nitrogen and oxygen atoms in total. The number of rotatable bonds is 6. The van der Waals surface area contributed by atoms with Crippen LogP contribution in [0.4, 0.5) is 5.69 Å². The number of amides is 1. The predicted octanol–water partition coefficient (Wildman–Crippen LogP) is 4.25. The molecule has 1 fully saturated rings. The Kier molecular flexibility index (Phi) is 7.29. The normalized spacial score (nSPS) is 15.6. The van der Waals surface area contributed by atoms with Crippen molar-refractivity contribution in [2.75, 3.05) is 18.4 Å². The number of nitriles is 1. The van der Waals surface area contributed by atoms with E-state index in [0.29, 0.717) is 10.7 Å². The second kappa shape index (κ2) is 10.1. The maximum absolute atomic E-state index is 12.4. The minimum absolute atomic E-state index is 0.0519. The fourth-order valence-corrected chi connectivity index (χ4v) is 3.56. The first-order valence-corrected chi connectivity index (χ1v) is 10.1. The Morgan fingerprint density at radius 3 is 2.62 bits per heavy atom. The maximum Gasteiger partial charge on any atom is 0.267 e. The second-order valence-electron chi connectivity index (χ2n) is 7.24. The number of anilines is 1. The Morgan fingerprint density at radius 1 is 1.21 bits per heavy atom. The van der Waals surface area contributed by atoms with Crippen LogP contribution in [0.2, 0.25) is 5.02 Å². The molecular formula is C23H25ClN4O. The van der Waals surface area contributed by atoms with E-state index in [1.165, 1.54) is 11.8 Å². The van der Waals surface area contributed by atoms with Gasteiger partial charge in [0.15, 0.2) is 0 Å². The Bertz CT molecular complexity index is 912. The van der Waals surface area contributed by atoms with Crippen LogP contribution < -0.4 is 10.6 Å². The monoisotopic (exact) mass is 408 g/mol. The molecule has 0 aliphatic carbocycles. The third-order valence-electron chi connectivity index (χ3n) is 5.18. The summed E-state index contributed by atoms with van der Waals surface area (Å²) in [6.07, 6.45) is 3.47. The van der Waals surface area contributed by atoms with Crippen molar-refractivity contribution in [3.05, 3.63) is 76.5 Å². The van der Waals surface area contributed by atoms with E-state index >= 15 is 0 Å². The van der Waals surface area contributed by atoms with Crippen molar-refractivity contribution in [3.63, 3.8) is 0 Å². The van der Waals surface area contributed by atoms with E-state index in [9.17, 15) is 10.1 Å². The summed E-state index contributed by atoms with van der Waals surface area (Å²) in [4.78, 5) is 14.9. The summed E-state index contributed by atoms with van der Waals surface area (Å²) in [5.41, 5.74) is 2.76. The van der Waals surface area contributed by atoms with Gasteiger partial charge in [0.25, 0.3) is 5.91 Å². The molecule has 3 rings (SSSR count). The molecule has 0 aromatic heterocycles. The molecule has 0 saturated carbocycles. The van der Waals surface area contributed by atoms with Gasteiger partial charge >= 0.3 is 0 Å². The topological polar surface area (TPSA) is 68.2 Å². The van der Waals surface area contributed by atoms with Gasteiger partial charge < -0.3 is 10.6 Å². The maximum atomic E-state index is 12.4. The van der Waals surface area contributed by atoms with Gasteiger partial charge in [0.05, 0.1) is 0 Å². The van der Waals surface area contributed by atoms with Crippen LogP contribution in [0.15, 0.2) is 60.3 Å².